The van der Waals surface area contributed by atoms with E-state index in [1.54, 1.807) is 10.4 Å². The summed E-state index contributed by atoms with van der Waals surface area (Å²) in [4.78, 5) is 4.17. The molecule has 1 fully saturated rings. The van der Waals surface area contributed by atoms with E-state index in [0.717, 1.165) is 26.3 Å². The molecule has 3 heterocycles. The third-order valence-corrected chi connectivity index (χ3v) is 4.70. The van der Waals surface area contributed by atoms with Crippen molar-refractivity contribution >= 4 is 11.3 Å². The average Bonchev–Trinajstić information content (AvgIpc) is 2.85. The molecule has 1 unspecified atom stereocenters. The fourth-order valence-corrected chi connectivity index (χ4v) is 3.53. The summed E-state index contributed by atoms with van der Waals surface area (Å²) in [7, 11) is 0. The Kier molecular flexibility index (Phi) is 3.76. The van der Waals surface area contributed by atoms with Gasteiger partial charge in [0.15, 0.2) is 0 Å². The van der Waals surface area contributed by atoms with Gasteiger partial charge < -0.3 is 10.1 Å². The average molecular weight is 252 g/mol. The van der Waals surface area contributed by atoms with Crippen LogP contribution in [-0.2, 0) is 17.7 Å². The van der Waals surface area contributed by atoms with Gasteiger partial charge in [-0.2, -0.15) is 0 Å². The van der Waals surface area contributed by atoms with E-state index in [1.807, 2.05) is 11.3 Å². The Bertz CT molecular complexity index is 360. The Morgan fingerprint density at radius 1 is 1.53 bits per heavy atom. The summed E-state index contributed by atoms with van der Waals surface area (Å²) in [5.74, 6) is 0. The van der Waals surface area contributed by atoms with Crippen LogP contribution in [0.4, 0.5) is 0 Å². The molecule has 3 nitrogen and oxygen atoms in total. The number of hydrogen-bond donors (Lipinski definition) is 1. The molecule has 1 saturated heterocycles. The lowest BCUT2D eigenvalue weighted by atomic mass is 10.1. The molecule has 2 aliphatic rings. The van der Waals surface area contributed by atoms with Crippen LogP contribution in [0.1, 0.15) is 16.9 Å². The molecule has 4 heteroatoms. The zero-order valence-electron chi connectivity index (χ0n) is 10.2. The van der Waals surface area contributed by atoms with E-state index in [4.69, 9.17) is 4.74 Å². The molecular weight excluding hydrogens is 232 g/mol. The minimum atomic E-state index is 0.563. The monoisotopic (exact) mass is 252 g/mol. The molecule has 0 aromatic carbocycles. The van der Waals surface area contributed by atoms with Crippen LogP contribution in [0.15, 0.2) is 11.4 Å². The SMILES string of the molecule is c1cc2c(s1)CCN(CCC1COCCN1)C2. The molecule has 1 N–H and O–H groups in total. The van der Waals surface area contributed by atoms with Crippen LogP contribution in [0.2, 0.25) is 0 Å². The van der Waals surface area contributed by atoms with Gasteiger partial charge in [0.1, 0.15) is 0 Å². The van der Waals surface area contributed by atoms with E-state index in [2.05, 4.69) is 21.7 Å². The molecule has 17 heavy (non-hydrogen) atoms. The molecule has 0 bridgehead atoms. The molecule has 0 spiro atoms. The molecule has 1 aromatic rings. The summed E-state index contributed by atoms with van der Waals surface area (Å²) in [5, 5.41) is 5.75. The Hall–Kier alpha value is -0.420. The van der Waals surface area contributed by atoms with Crippen molar-refractivity contribution in [1.82, 2.24) is 10.2 Å². The number of fused-ring (bicyclic) bond motifs is 1. The van der Waals surface area contributed by atoms with E-state index >= 15 is 0 Å². The molecule has 94 valence electrons. The quantitative estimate of drug-likeness (QED) is 0.882. The topological polar surface area (TPSA) is 24.5 Å². The number of nitrogens with zero attached hydrogens (tertiary/aromatic N) is 1. The maximum atomic E-state index is 5.49. The predicted octanol–water partition coefficient (Wildman–Crippen LogP) is 1.48. The van der Waals surface area contributed by atoms with Crippen molar-refractivity contribution in [2.75, 3.05) is 32.8 Å². The molecule has 3 rings (SSSR count). The number of nitrogens with one attached hydrogen (secondary N) is 1. The van der Waals surface area contributed by atoms with Crippen molar-refractivity contribution in [2.24, 2.45) is 0 Å². The van der Waals surface area contributed by atoms with Gasteiger partial charge in [0, 0.05) is 37.1 Å². The van der Waals surface area contributed by atoms with Crippen LogP contribution in [0.3, 0.4) is 0 Å². The van der Waals surface area contributed by atoms with Gasteiger partial charge in [0.05, 0.1) is 13.2 Å². The van der Waals surface area contributed by atoms with Crippen molar-refractivity contribution in [2.45, 2.75) is 25.4 Å². The normalized spacial score (nSPS) is 25.8. The summed E-state index contributed by atoms with van der Waals surface area (Å²) < 4.78 is 5.49. The number of morpholine rings is 1. The van der Waals surface area contributed by atoms with Crippen LogP contribution < -0.4 is 5.32 Å². The number of rotatable bonds is 3. The molecule has 0 saturated carbocycles. The van der Waals surface area contributed by atoms with Gasteiger partial charge in [-0.25, -0.2) is 0 Å². The van der Waals surface area contributed by atoms with E-state index in [-0.39, 0.29) is 0 Å². The molecule has 0 radical (unpaired) electrons. The fraction of sp³-hybridized carbons (Fsp3) is 0.692. The largest absolute Gasteiger partial charge is 0.379 e. The van der Waals surface area contributed by atoms with Gasteiger partial charge in [-0.15, -0.1) is 11.3 Å². The molecule has 0 aliphatic carbocycles. The van der Waals surface area contributed by atoms with Gasteiger partial charge >= 0.3 is 0 Å². The van der Waals surface area contributed by atoms with Gasteiger partial charge in [-0.1, -0.05) is 0 Å². The lowest BCUT2D eigenvalue weighted by molar-refractivity contribution is 0.0693. The zero-order chi connectivity index (χ0) is 11.5. The van der Waals surface area contributed by atoms with Crippen molar-refractivity contribution in [1.29, 1.82) is 0 Å². The van der Waals surface area contributed by atoms with Gasteiger partial charge in [-0.3, -0.25) is 4.90 Å². The van der Waals surface area contributed by atoms with Crippen LogP contribution >= 0.6 is 11.3 Å². The third kappa shape index (κ3) is 2.88. The molecule has 2 aliphatic heterocycles. The minimum absolute atomic E-state index is 0.563. The lowest BCUT2D eigenvalue weighted by Gasteiger charge is -2.30. The van der Waals surface area contributed by atoms with Crippen LogP contribution in [0.5, 0.6) is 0 Å². The Morgan fingerprint density at radius 3 is 3.41 bits per heavy atom. The second kappa shape index (κ2) is 5.48. The van der Waals surface area contributed by atoms with E-state index in [1.165, 1.54) is 25.9 Å². The second-order valence-electron chi connectivity index (χ2n) is 4.91. The number of thiophene rings is 1. The lowest BCUT2D eigenvalue weighted by Crippen LogP contribution is -2.43. The Labute approximate surface area is 107 Å². The summed E-state index contributed by atoms with van der Waals surface area (Å²) >= 11 is 1.91. The highest BCUT2D eigenvalue weighted by Crippen LogP contribution is 2.24. The fourth-order valence-electron chi connectivity index (χ4n) is 2.64. The predicted molar refractivity (Wildman–Crippen MR) is 70.5 cm³/mol. The van der Waals surface area contributed by atoms with Crippen molar-refractivity contribution < 1.29 is 4.74 Å². The Balaban J connectivity index is 1.47. The number of ether oxygens (including phenoxy) is 1. The first-order valence-electron chi connectivity index (χ1n) is 6.50. The second-order valence-corrected chi connectivity index (χ2v) is 5.91. The van der Waals surface area contributed by atoms with Crippen molar-refractivity contribution in [3.05, 3.63) is 21.9 Å². The highest BCUT2D eigenvalue weighted by molar-refractivity contribution is 7.10. The van der Waals surface area contributed by atoms with Gasteiger partial charge in [0.2, 0.25) is 0 Å². The summed E-state index contributed by atoms with van der Waals surface area (Å²) in [6.45, 7) is 6.33. The number of hydrogen-bond acceptors (Lipinski definition) is 4. The molecule has 1 atom stereocenters. The van der Waals surface area contributed by atoms with E-state index in [0.29, 0.717) is 6.04 Å². The standard InChI is InChI=1S/C13H20N2OS/c1(12-10-16-7-4-14-12)5-15-6-2-13-11(9-15)3-8-17-13/h3,8,12,14H,1-2,4-7,9-10H2. The first-order valence-corrected chi connectivity index (χ1v) is 7.38. The van der Waals surface area contributed by atoms with Crippen LogP contribution in [0, 0.1) is 0 Å². The maximum absolute atomic E-state index is 5.49. The summed E-state index contributed by atoms with van der Waals surface area (Å²) in [5.41, 5.74) is 1.55. The maximum Gasteiger partial charge on any atom is 0.0620 e. The van der Waals surface area contributed by atoms with E-state index in [9.17, 15) is 0 Å². The van der Waals surface area contributed by atoms with Gasteiger partial charge in [0.25, 0.3) is 0 Å². The highest BCUT2D eigenvalue weighted by atomic mass is 32.1. The zero-order valence-corrected chi connectivity index (χ0v) is 11.0. The van der Waals surface area contributed by atoms with Crippen LogP contribution in [0.25, 0.3) is 0 Å². The minimum Gasteiger partial charge on any atom is -0.379 e. The third-order valence-electron chi connectivity index (χ3n) is 3.68. The Morgan fingerprint density at radius 2 is 2.53 bits per heavy atom. The highest BCUT2D eigenvalue weighted by Gasteiger charge is 2.19. The van der Waals surface area contributed by atoms with Crippen molar-refractivity contribution in [3.63, 3.8) is 0 Å². The first kappa shape index (κ1) is 11.7. The van der Waals surface area contributed by atoms with Gasteiger partial charge in [-0.05, 0) is 29.9 Å². The summed E-state index contributed by atoms with van der Waals surface area (Å²) in [6, 6.07) is 2.85. The molecule has 1 aromatic heterocycles. The van der Waals surface area contributed by atoms with Crippen molar-refractivity contribution in [3.8, 4) is 0 Å². The first-order chi connectivity index (χ1) is 8.42. The smallest absolute Gasteiger partial charge is 0.0620 e. The molecule has 0 amide bonds. The van der Waals surface area contributed by atoms with E-state index < -0.39 is 0 Å². The summed E-state index contributed by atoms with van der Waals surface area (Å²) in [6.07, 6.45) is 2.45. The van der Waals surface area contributed by atoms with Crippen LogP contribution in [-0.4, -0.2) is 43.8 Å². The molecular formula is C13H20N2OS.